The number of carbonyl (C=O) groups is 1. The molecule has 3 aromatic heterocycles. The molecule has 0 aliphatic rings. The van der Waals surface area contributed by atoms with Gasteiger partial charge in [-0.15, -0.1) is 0 Å². The van der Waals surface area contributed by atoms with Gasteiger partial charge in [0.2, 0.25) is 0 Å². The Labute approximate surface area is 156 Å². The van der Waals surface area contributed by atoms with Crippen LogP contribution in [-0.4, -0.2) is 30.2 Å². The second-order valence-electron chi connectivity index (χ2n) is 6.54. The van der Waals surface area contributed by atoms with Gasteiger partial charge in [0.15, 0.2) is 5.65 Å². The molecule has 0 saturated heterocycles. The van der Waals surface area contributed by atoms with E-state index >= 15 is 0 Å². The minimum atomic E-state index is -0.146. The fourth-order valence-electron chi connectivity index (χ4n) is 3.15. The van der Waals surface area contributed by atoms with Crippen LogP contribution in [0.15, 0.2) is 55.2 Å². The molecular weight excluding hydrogens is 340 g/mol. The normalized spacial score (nSPS) is 11.0. The first-order valence-electron chi connectivity index (χ1n) is 8.71. The van der Waals surface area contributed by atoms with Gasteiger partial charge in [-0.1, -0.05) is 24.3 Å². The summed E-state index contributed by atoms with van der Waals surface area (Å²) in [5.74, 6) is -0.146. The third kappa shape index (κ3) is 3.57. The van der Waals surface area contributed by atoms with Crippen LogP contribution in [0.4, 0.5) is 0 Å². The predicted octanol–water partition coefficient (Wildman–Crippen LogP) is 2.45. The maximum Gasteiger partial charge on any atom is 0.253 e. The van der Waals surface area contributed by atoms with Gasteiger partial charge in [0.05, 0.1) is 17.6 Å². The van der Waals surface area contributed by atoms with Crippen molar-refractivity contribution in [3.63, 3.8) is 0 Å². The Hall–Kier alpha value is -3.48. The van der Waals surface area contributed by atoms with Gasteiger partial charge in [-0.25, -0.2) is 9.97 Å². The van der Waals surface area contributed by atoms with Crippen LogP contribution in [-0.2, 0) is 20.1 Å². The smallest absolute Gasteiger partial charge is 0.253 e. The molecule has 1 N–H and O–H groups in total. The van der Waals surface area contributed by atoms with Crippen molar-refractivity contribution in [1.29, 1.82) is 0 Å². The molecule has 0 unspecified atom stereocenters. The highest BCUT2D eigenvalue weighted by molar-refractivity contribution is 5.97. The number of imidazole rings is 1. The number of rotatable bonds is 5. The van der Waals surface area contributed by atoms with E-state index in [0.717, 1.165) is 34.4 Å². The molecule has 1 aromatic carbocycles. The molecule has 3 heterocycles. The van der Waals surface area contributed by atoms with Crippen molar-refractivity contribution in [2.75, 3.05) is 0 Å². The van der Waals surface area contributed by atoms with Gasteiger partial charge in [-0.05, 0) is 24.1 Å². The lowest BCUT2D eigenvalue weighted by atomic mass is 10.1. The number of pyridine rings is 1. The molecule has 0 fully saturated rings. The van der Waals surface area contributed by atoms with E-state index in [2.05, 4.69) is 32.5 Å². The molecule has 0 radical (unpaired) electrons. The molecule has 7 nitrogen and oxygen atoms in total. The lowest BCUT2D eigenvalue weighted by molar-refractivity contribution is 0.0950. The van der Waals surface area contributed by atoms with Crippen molar-refractivity contribution < 1.29 is 4.79 Å². The Bertz CT molecular complexity index is 1100. The average Bonchev–Trinajstić information content (AvgIpc) is 3.28. The SMILES string of the molecule is Cc1nn(C)c2ncc(C(=O)NCc3cccc(Cn4ccnc4)c3)cc12. The van der Waals surface area contributed by atoms with E-state index in [-0.39, 0.29) is 5.91 Å². The standard InChI is InChI=1S/C20H20N6O/c1-14-18-9-17(11-22-19(18)25(2)24-14)20(27)23-10-15-4-3-5-16(8-15)12-26-7-6-21-13-26/h3-9,11,13H,10,12H2,1-2H3,(H,23,27). The average molecular weight is 360 g/mol. The highest BCUT2D eigenvalue weighted by Gasteiger charge is 2.11. The number of hydrogen-bond acceptors (Lipinski definition) is 4. The summed E-state index contributed by atoms with van der Waals surface area (Å²) in [7, 11) is 1.85. The number of nitrogens with zero attached hydrogens (tertiary/aromatic N) is 5. The number of hydrogen-bond donors (Lipinski definition) is 1. The minimum absolute atomic E-state index is 0.146. The Morgan fingerprint density at radius 1 is 1.22 bits per heavy atom. The van der Waals surface area contributed by atoms with Crippen LogP contribution in [0.2, 0.25) is 0 Å². The van der Waals surface area contributed by atoms with Crippen LogP contribution < -0.4 is 5.32 Å². The second kappa shape index (κ2) is 7.03. The summed E-state index contributed by atoms with van der Waals surface area (Å²) < 4.78 is 3.73. The molecule has 136 valence electrons. The van der Waals surface area contributed by atoms with Crippen molar-refractivity contribution in [2.45, 2.75) is 20.0 Å². The zero-order chi connectivity index (χ0) is 18.8. The van der Waals surface area contributed by atoms with Crippen LogP contribution in [0, 0.1) is 6.92 Å². The predicted molar refractivity (Wildman–Crippen MR) is 102 cm³/mol. The molecule has 7 heteroatoms. The summed E-state index contributed by atoms with van der Waals surface area (Å²) in [6.45, 7) is 3.13. The first kappa shape index (κ1) is 17.0. The van der Waals surface area contributed by atoms with Crippen molar-refractivity contribution >= 4 is 16.9 Å². The van der Waals surface area contributed by atoms with E-state index in [0.29, 0.717) is 12.1 Å². The number of aryl methyl sites for hydroxylation is 2. The zero-order valence-electron chi connectivity index (χ0n) is 15.3. The Morgan fingerprint density at radius 3 is 2.89 bits per heavy atom. The van der Waals surface area contributed by atoms with Gasteiger partial charge >= 0.3 is 0 Å². The molecule has 0 aliphatic heterocycles. The second-order valence-corrected chi connectivity index (χ2v) is 6.54. The van der Waals surface area contributed by atoms with Crippen LogP contribution in [0.1, 0.15) is 27.2 Å². The fraction of sp³-hybridized carbons (Fsp3) is 0.200. The summed E-state index contributed by atoms with van der Waals surface area (Å²) in [4.78, 5) is 21.0. The van der Waals surface area contributed by atoms with Crippen molar-refractivity contribution in [3.05, 3.63) is 77.6 Å². The van der Waals surface area contributed by atoms with Crippen LogP contribution in [0.3, 0.4) is 0 Å². The fourth-order valence-corrected chi connectivity index (χ4v) is 3.15. The van der Waals surface area contributed by atoms with Crippen LogP contribution in [0.25, 0.3) is 11.0 Å². The molecule has 0 bridgehead atoms. The summed E-state index contributed by atoms with van der Waals surface area (Å²) >= 11 is 0. The van der Waals surface area contributed by atoms with Gasteiger partial charge in [0.1, 0.15) is 0 Å². The summed E-state index contributed by atoms with van der Waals surface area (Å²) in [5, 5.41) is 8.20. The lowest BCUT2D eigenvalue weighted by Crippen LogP contribution is -2.23. The quantitative estimate of drug-likeness (QED) is 0.593. The van der Waals surface area contributed by atoms with E-state index in [9.17, 15) is 4.79 Å². The molecule has 27 heavy (non-hydrogen) atoms. The van der Waals surface area contributed by atoms with Gasteiger partial charge in [-0.3, -0.25) is 9.48 Å². The molecule has 0 spiro atoms. The van der Waals surface area contributed by atoms with Crippen molar-refractivity contribution in [1.82, 2.24) is 29.6 Å². The number of aromatic nitrogens is 5. The highest BCUT2D eigenvalue weighted by Crippen LogP contribution is 2.16. The first-order valence-corrected chi connectivity index (χ1v) is 8.71. The third-order valence-corrected chi connectivity index (χ3v) is 4.49. The van der Waals surface area contributed by atoms with E-state index in [4.69, 9.17) is 0 Å². The monoisotopic (exact) mass is 360 g/mol. The van der Waals surface area contributed by atoms with Crippen molar-refractivity contribution in [3.8, 4) is 0 Å². The molecule has 0 aliphatic carbocycles. The third-order valence-electron chi connectivity index (χ3n) is 4.49. The molecule has 1 amide bonds. The Morgan fingerprint density at radius 2 is 2.07 bits per heavy atom. The number of fused-ring (bicyclic) bond motifs is 1. The topological polar surface area (TPSA) is 77.6 Å². The van der Waals surface area contributed by atoms with E-state index < -0.39 is 0 Å². The zero-order valence-corrected chi connectivity index (χ0v) is 15.3. The summed E-state index contributed by atoms with van der Waals surface area (Å²) in [6, 6.07) is 10.0. The molecule has 4 aromatic rings. The molecule has 0 atom stereocenters. The largest absolute Gasteiger partial charge is 0.348 e. The number of nitrogens with one attached hydrogen (secondary N) is 1. The van der Waals surface area contributed by atoms with Crippen LogP contribution in [0.5, 0.6) is 0 Å². The molecule has 0 saturated carbocycles. The van der Waals surface area contributed by atoms with Crippen LogP contribution >= 0.6 is 0 Å². The molecule has 4 rings (SSSR count). The Balaban J connectivity index is 1.45. The maximum absolute atomic E-state index is 12.5. The Kier molecular flexibility index (Phi) is 4.42. The number of amides is 1. The highest BCUT2D eigenvalue weighted by atomic mass is 16.1. The van der Waals surface area contributed by atoms with Gasteiger partial charge in [-0.2, -0.15) is 5.10 Å². The summed E-state index contributed by atoms with van der Waals surface area (Å²) in [6.07, 6.45) is 7.07. The first-order chi connectivity index (χ1) is 13.1. The van der Waals surface area contributed by atoms with Gasteiger partial charge in [0.25, 0.3) is 5.91 Å². The minimum Gasteiger partial charge on any atom is -0.348 e. The number of carbonyl (C=O) groups excluding carboxylic acids is 1. The van der Waals surface area contributed by atoms with E-state index in [1.54, 1.807) is 23.4 Å². The van der Waals surface area contributed by atoms with Crippen molar-refractivity contribution in [2.24, 2.45) is 7.05 Å². The van der Waals surface area contributed by atoms with E-state index in [1.807, 2.05) is 42.9 Å². The summed E-state index contributed by atoms with van der Waals surface area (Å²) in [5.41, 5.74) is 4.38. The van der Waals surface area contributed by atoms with Gasteiger partial charge < -0.3 is 9.88 Å². The molecular formula is C20H20N6O. The van der Waals surface area contributed by atoms with E-state index in [1.165, 1.54) is 0 Å². The lowest BCUT2D eigenvalue weighted by Gasteiger charge is -2.08. The van der Waals surface area contributed by atoms with Gasteiger partial charge in [0, 0.05) is 44.1 Å². The number of benzene rings is 1. The maximum atomic E-state index is 12.5.